The Morgan fingerprint density at radius 1 is 0.958 bits per heavy atom. The first-order valence-corrected chi connectivity index (χ1v) is 8.27. The van der Waals surface area contributed by atoms with E-state index in [1.807, 2.05) is 24.3 Å². The molecule has 0 spiro atoms. The van der Waals surface area contributed by atoms with Crippen molar-refractivity contribution in [1.82, 2.24) is 14.5 Å². The molecule has 0 bridgehead atoms. The fourth-order valence-corrected chi connectivity index (χ4v) is 2.99. The highest BCUT2D eigenvalue weighted by Crippen LogP contribution is 2.18. The molecule has 2 heterocycles. The number of nitrogens with one attached hydrogen (secondary N) is 1. The molecule has 0 amide bonds. The molecule has 0 aliphatic carbocycles. The van der Waals surface area contributed by atoms with Crippen molar-refractivity contribution < 1.29 is 0 Å². The zero-order valence-electron chi connectivity index (χ0n) is 13.6. The van der Waals surface area contributed by atoms with E-state index in [1.165, 1.54) is 16.8 Å². The standard InChI is InChI=1S/C17H23N5O2/c18-7-1-8-20-10-12-21(13-11-20)14-2-4-15(5-3-14)22-9-6-16(23)19-17(22)24/h2-6,9H,1,7-8,10-13,18H2,(H,19,23,24). The lowest BCUT2D eigenvalue weighted by molar-refractivity contribution is 0.256. The third-order valence-corrected chi connectivity index (χ3v) is 4.37. The lowest BCUT2D eigenvalue weighted by Gasteiger charge is -2.36. The molecule has 2 aromatic rings. The highest BCUT2D eigenvalue weighted by molar-refractivity contribution is 5.51. The number of anilines is 1. The molecule has 1 saturated heterocycles. The minimum Gasteiger partial charge on any atom is -0.369 e. The molecule has 24 heavy (non-hydrogen) atoms. The topological polar surface area (TPSA) is 87.4 Å². The maximum atomic E-state index is 11.8. The smallest absolute Gasteiger partial charge is 0.332 e. The van der Waals surface area contributed by atoms with E-state index in [2.05, 4.69) is 14.8 Å². The molecular formula is C17H23N5O2. The fraction of sp³-hybridized carbons (Fsp3) is 0.412. The number of rotatable bonds is 5. The van der Waals surface area contributed by atoms with Gasteiger partial charge < -0.3 is 10.6 Å². The van der Waals surface area contributed by atoms with Crippen LogP contribution in [0.2, 0.25) is 0 Å². The Bertz CT molecular complexity index is 773. The molecule has 1 aliphatic heterocycles. The Kier molecular flexibility index (Phi) is 5.12. The quantitative estimate of drug-likeness (QED) is 0.806. The van der Waals surface area contributed by atoms with Gasteiger partial charge in [-0.05, 0) is 43.8 Å². The van der Waals surface area contributed by atoms with Crippen LogP contribution in [-0.4, -0.2) is 53.7 Å². The first-order valence-electron chi connectivity index (χ1n) is 8.27. The normalized spacial score (nSPS) is 15.6. The summed E-state index contributed by atoms with van der Waals surface area (Å²) in [5.41, 5.74) is 6.63. The van der Waals surface area contributed by atoms with Crippen molar-refractivity contribution in [3.8, 4) is 5.69 Å². The molecule has 7 heteroatoms. The highest BCUT2D eigenvalue weighted by atomic mass is 16.2. The number of nitrogens with two attached hydrogens (primary N) is 1. The number of benzene rings is 1. The van der Waals surface area contributed by atoms with E-state index in [9.17, 15) is 9.59 Å². The van der Waals surface area contributed by atoms with Gasteiger partial charge in [0.1, 0.15) is 0 Å². The Balaban J connectivity index is 1.67. The summed E-state index contributed by atoms with van der Waals surface area (Å²) in [4.78, 5) is 30.0. The molecule has 3 rings (SSSR count). The number of aromatic nitrogens is 2. The second kappa shape index (κ2) is 7.46. The minimum atomic E-state index is -0.427. The average Bonchev–Trinajstić information content (AvgIpc) is 2.61. The summed E-state index contributed by atoms with van der Waals surface area (Å²) in [5.74, 6) is 0. The maximum absolute atomic E-state index is 11.8. The van der Waals surface area contributed by atoms with Gasteiger partial charge in [0.25, 0.3) is 5.56 Å². The van der Waals surface area contributed by atoms with Crippen LogP contribution in [0.3, 0.4) is 0 Å². The SMILES string of the molecule is NCCCN1CCN(c2ccc(-n3ccc(=O)[nH]c3=O)cc2)CC1. The largest absolute Gasteiger partial charge is 0.369 e. The van der Waals surface area contributed by atoms with Crippen LogP contribution in [0.25, 0.3) is 5.69 Å². The van der Waals surface area contributed by atoms with Crippen LogP contribution in [-0.2, 0) is 0 Å². The molecule has 0 unspecified atom stereocenters. The Labute approximate surface area is 140 Å². The van der Waals surface area contributed by atoms with Gasteiger partial charge in [0.15, 0.2) is 0 Å². The van der Waals surface area contributed by atoms with Gasteiger partial charge in [-0.1, -0.05) is 0 Å². The summed E-state index contributed by atoms with van der Waals surface area (Å²) >= 11 is 0. The van der Waals surface area contributed by atoms with Crippen LogP contribution in [0.4, 0.5) is 5.69 Å². The molecule has 0 radical (unpaired) electrons. The lowest BCUT2D eigenvalue weighted by atomic mass is 10.2. The summed E-state index contributed by atoms with van der Waals surface area (Å²) in [5, 5.41) is 0. The van der Waals surface area contributed by atoms with Gasteiger partial charge in [0, 0.05) is 44.1 Å². The number of hydrogen-bond donors (Lipinski definition) is 2. The van der Waals surface area contributed by atoms with Crippen molar-refractivity contribution in [3.05, 3.63) is 57.4 Å². The summed E-state index contributed by atoms with van der Waals surface area (Å²) in [6.07, 6.45) is 2.54. The van der Waals surface area contributed by atoms with Gasteiger partial charge in [0.2, 0.25) is 0 Å². The monoisotopic (exact) mass is 329 g/mol. The minimum absolute atomic E-state index is 0.389. The van der Waals surface area contributed by atoms with E-state index < -0.39 is 5.69 Å². The predicted octanol–water partition coefficient (Wildman–Crippen LogP) is -0.00340. The molecule has 0 atom stereocenters. The molecule has 128 valence electrons. The van der Waals surface area contributed by atoms with Crippen LogP contribution in [0, 0.1) is 0 Å². The third-order valence-electron chi connectivity index (χ3n) is 4.37. The van der Waals surface area contributed by atoms with E-state index in [-0.39, 0.29) is 5.56 Å². The van der Waals surface area contributed by atoms with Gasteiger partial charge in [-0.15, -0.1) is 0 Å². The van der Waals surface area contributed by atoms with Crippen molar-refractivity contribution in [3.63, 3.8) is 0 Å². The molecule has 1 aromatic carbocycles. The average molecular weight is 329 g/mol. The number of aromatic amines is 1. The first-order chi connectivity index (χ1) is 11.7. The third kappa shape index (κ3) is 3.74. The number of piperazine rings is 1. The zero-order valence-corrected chi connectivity index (χ0v) is 13.6. The van der Waals surface area contributed by atoms with Crippen LogP contribution < -0.4 is 21.9 Å². The predicted molar refractivity (Wildman–Crippen MR) is 95.0 cm³/mol. The molecule has 1 aromatic heterocycles. The second-order valence-corrected chi connectivity index (χ2v) is 5.97. The second-order valence-electron chi connectivity index (χ2n) is 5.97. The van der Waals surface area contributed by atoms with Gasteiger partial charge in [-0.2, -0.15) is 0 Å². The number of H-pyrrole nitrogens is 1. The maximum Gasteiger partial charge on any atom is 0.332 e. The molecule has 1 fully saturated rings. The molecular weight excluding hydrogens is 306 g/mol. The van der Waals surface area contributed by atoms with Crippen molar-refractivity contribution >= 4 is 5.69 Å². The van der Waals surface area contributed by atoms with E-state index in [1.54, 1.807) is 0 Å². The highest BCUT2D eigenvalue weighted by Gasteiger charge is 2.16. The van der Waals surface area contributed by atoms with E-state index >= 15 is 0 Å². The first kappa shape index (κ1) is 16.5. The number of nitrogens with zero attached hydrogens (tertiary/aromatic N) is 3. The molecule has 0 saturated carbocycles. The van der Waals surface area contributed by atoms with Crippen LogP contribution in [0.1, 0.15) is 6.42 Å². The van der Waals surface area contributed by atoms with Crippen molar-refractivity contribution in [2.75, 3.05) is 44.2 Å². The Morgan fingerprint density at radius 2 is 1.62 bits per heavy atom. The summed E-state index contributed by atoms with van der Waals surface area (Å²) in [6.45, 7) is 5.87. The summed E-state index contributed by atoms with van der Waals surface area (Å²) in [6, 6.07) is 9.17. The van der Waals surface area contributed by atoms with Crippen molar-refractivity contribution in [1.29, 1.82) is 0 Å². The summed E-state index contributed by atoms with van der Waals surface area (Å²) < 4.78 is 1.43. The van der Waals surface area contributed by atoms with Gasteiger partial charge >= 0.3 is 5.69 Å². The Morgan fingerprint density at radius 3 is 2.25 bits per heavy atom. The van der Waals surface area contributed by atoms with Crippen LogP contribution in [0.5, 0.6) is 0 Å². The fourth-order valence-electron chi connectivity index (χ4n) is 2.99. The lowest BCUT2D eigenvalue weighted by Crippen LogP contribution is -2.46. The van der Waals surface area contributed by atoms with Crippen molar-refractivity contribution in [2.45, 2.75) is 6.42 Å². The molecule has 3 N–H and O–H groups in total. The number of hydrogen-bond acceptors (Lipinski definition) is 5. The zero-order chi connectivity index (χ0) is 16.9. The summed E-state index contributed by atoms with van der Waals surface area (Å²) in [7, 11) is 0. The van der Waals surface area contributed by atoms with E-state index in [0.29, 0.717) is 0 Å². The van der Waals surface area contributed by atoms with Crippen molar-refractivity contribution in [2.24, 2.45) is 5.73 Å². The molecule has 7 nitrogen and oxygen atoms in total. The Hall–Kier alpha value is -2.38. The van der Waals surface area contributed by atoms with Gasteiger partial charge in [0.05, 0.1) is 5.69 Å². The van der Waals surface area contributed by atoms with Crippen LogP contribution >= 0.6 is 0 Å². The van der Waals surface area contributed by atoms with Gasteiger partial charge in [-0.25, -0.2) is 4.79 Å². The van der Waals surface area contributed by atoms with Crippen LogP contribution in [0.15, 0.2) is 46.1 Å². The van der Waals surface area contributed by atoms with Gasteiger partial charge in [-0.3, -0.25) is 19.2 Å². The van der Waals surface area contributed by atoms with E-state index in [0.717, 1.165) is 57.1 Å². The molecule has 1 aliphatic rings. The van der Waals surface area contributed by atoms with E-state index in [4.69, 9.17) is 5.73 Å².